The minimum Gasteiger partial charge on any atom is -0.466 e. The first kappa shape index (κ1) is 21.3. The van der Waals surface area contributed by atoms with E-state index in [-0.39, 0.29) is 17.0 Å². The minimum absolute atomic E-state index is 0.0619. The molecule has 3 rings (SSSR count). The number of hydrogen-bond acceptors (Lipinski definition) is 4. The second kappa shape index (κ2) is 7.77. The van der Waals surface area contributed by atoms with Crippen LogP contribution in [0.2, 0.25) is 0 Å². The number of methoxy groups -OCH3 is 1. The minimum atomic E-state index is -4.75. The van der Waals surface area contributed by atoms with Gasteiger partial charge in [-0.3, -0.25) is 4.40 Å². The normalized spacial score (nSPS) is 12.5. The van der Waals surface area contributed by atoms with Crippen molar-refractivity contribution in [3.63, 3.8) is 0 Å². The highest BCUT2D eigenvalue weighted by molar-refractivity contribution is 5.88. The monoisotopic (exact) mass is 426 g/mol. The molecule has 0 bridgehead atoms. The van der Waals surface area contributed by atoms with Crippen LogP contribution >= 0.6 is 0 Å². The number of nitrogens with zero attached hydrogens (tertiary/aromatic N) is 2. The van der Waals surface area contributed by atoms with E-state index < -0.39 is 24.1 Å². The van der Waals surface area contributed by atoms with Crippen molar-refractivity contribution in [3.8, 4) is 16.9 Å². The van der Waals surface area contributed by atoms with E-state index in [0.717, 1.165) is 23.7 Å². The summed E-state index contributed by atoms with van der Waals surface area (Å²) in [6.07, 6.45) is -4.77. The molecular formula is C20H15F5N2O3. The molecule has 0 N–H and O–H groups in total. The van der Waals surface area contributed by atoms with Gasteiger partial charge >= 0.3 is 18.3 Å². The third-order valence-corrected chi connectivity index (χ3v) is 3.98. The summed E-state index contributed by atoms with van der Waals surface area (Å²) >= 11 is 0. The van der Waals surface area contributed by atoms with Gasteiger partial charge < -0.3 is 9.47 Å². The van der Waals surface area contributed by atoms with E-state index in [4.69, 9.17) is 0 Å². The SMILES string of the molecule is COC(=O)/C=C/c1nc(C(F)(F)F)n2cc(-c3ccc(OC(C)(F)F)cc3)ccc12. The lowest BCUT2D eigenvalue weighted by Crippen LogP contribution is -2.18. The highest BCUT2D eigenvalue weighted by Gasteiger charge is 2.37. The molecule has 158 valence electrons. The molecule has 3 aromatic rings. The first-order chi connectivity index (χ1) is 14.0. The molecule has 0 aliphatic heterocycles. The maximum absolute atomic E-state index is 13.5. The zero-order chi connectivity index (χ0) is 22.1. The molecule has 0 amide bonds. The van der Waals surface area contributed by atoms with Crippen molar-refractivity contribution in [2.75, 3.05) is 7.11 Å². The number of rotatable bonds is 5. The Hall–Kier alpha value is -3.43. The number of aromatic nitrogens is 2. The molecule has 2 aromatic heterocycles. The third-order valence-electron chi connectivity index (χ3n) is 3.98. The third kappa shape index (κ3) is 4.76. The highest BCUT2D eigenvalue weighted by atomic mass is 19.4. The fourth-order valence-corrected chi connectivity index (χ4v) is 2.74. The van der Waals surface area contributed by atoms with Gasteiger partial charge in [0.1, 0.15) is 5.75 Å². The number of imidazole rings is 1. The molecule has 0 radical (unpaired) electrons. The van der Waals surface area contributed by atoms with E-state index in [9.17, 15) is 26.7 Å². The van der Waals surface area contributed by atoms with Crippen LogP contribution in [0.5, 0.6) is 5.75 Å². The molecule has 0 spiro atoms. The van der Waals surface area contributed by atoms with Crippen LogP contribution in [0.3, 0.4) is 0 Å². The number of halogens is 5. The molecule has 0 aliphatic rings. The summed E-state index contributed by atoms with van der Waals surface area (Å²) in [5.41, 5.74) is 0.936. The van der Waals surface area contributed by atoms with Crippen LogP contribution in [0.1, 0.15) is 18.4 Å². The van der Waals surface area contributed by atoms with Gasteiger partial charge in [0, 0.05) is 19.2 Å². The van der Waals surface area contributed by atoms with Crippen molar-refractivity contribution < 1.29 is 36.2 Å². The van der Waals surface area contributed by atoms with Gasteiger partial charge in [-0.2, -0.15) is 22.0 Å². The number of alkyl halides is 5. The summed E-state index contributed by atoms with van der Waals surface area (Å²) in [5, 5.41) is 0. The summed E-state index contributed by atoms with van der Waals surface area (Å²) in [6.45, 7) is 0.596. The number of pyridine rings is 1. The molecule has 5 nitrogen and oxygen atoms in total. The quantitative estimate of drug-likeness (QED) is 0.320. The summed E-state index contributed by atoms with van der Waals surface area (Å²) in [4.78, 5) is 14.9. The molecule has 0 aliphatic carbocycles. The number of carbonyl (C=O) groups is 1. The van der Waals surface area contributed by atoms with E-state index in [0.29, 0.717) is 18.1 Å². The largest absolute Gasteiger partial charge is 0.466 e. The molecular weight excluding hydrogens is 411 g/mol. The zero-order valence-electron chi connectivity index (χ0n) is 15.7. The molecule has 2 heterocycles. The lowest BCUT2D eigenvalue weighted by Gasteiger charge is -2.13. The maximum Gasteiger partial charge on any atom is 0.450 e. The average molecular weight is 426 g/mol. The Labute approximate surface area is 167 Å². The number of hydrogen-bond donors (Lipinski definition) is 0. The van der Waals surface area contributed by atoms with Gasteiger partial charge in [0.15, 0.2) is 0 Å². The Balaban J connectivity index is 2.04. The van der Waals surface area contributed by atoms with Gasteiger partial charge in [0.05, 0.1) is 18.3 Å². The predicted molar refractivity (Wildman–Crippen MR) is 97.9 cm³/mol. The van der Waals surface area contributed by atoms with Crippen LogP contribution in [0.4, 0.5) is 22.0 Å². The Kier molecular flexibility index (Phi) is 5.51. The van der Waals surface area contributed by atoms with Crippen LogP contribution in [-0.2, 0) is 15.7 Å². The first-order valence-corrected chi connectivity index (χ1v) is 8.50. The number of esters is 1. The zero-order valence-corrected chi connectivity index (χ0v) is 15.7. The Morgan fingerprint density at radius 1 is 1.03 bits per heavy atom. The Bertz CT molecular complexity index is 1100. The molecule has 0 saturated carbocycles. The molecule has 30 heavy (non-hydrogen) atoms. The van der Waals surface area contributed by atoms with Crippen LogP contribution in [-0.4, -0.2) is 28.6 Å². The van der Waals surface area contributed by atoms with E-state index in [1.807, 2.05) is 0 Å². The van der Waals surface area contributed by atoms with Crippen LogP contribution in [0.25, 0.3) is 22.7 Å². The highest BCUT2D eigenvalue weighted by Crippen LogP contribution is 2.33. The van der Waals surface area contributed by atoms with E-state index >= 15 is 0 Å². The van der Waals surface area contributed by atoms with Crippen molar-refractivity contribution in [2.24, 2.45) is 0 Å². The van der Waals surface area contributed by atoms with Gasteiger partial charge in [-0.1, -0.05) is 18.2 Å². The standard InChI is InChI=1S/C20H15F5N2O3/c1-19(21,22)30-14-6-3-12(4-7-14)13-5-9-16-15(8-10-17(28)29-2)26-18(20(23,24)25)27(16)11-13/h3-11H,1-2H3/b10-8+. The number of fused-ring (bicyclic) bond motifs is 1. The predicted octanol–water partition coefficient (Wildman–Crippen LogP) is 5.20. The first-order valence-electron chi connectivity index (χ1n) is 8.50. The van der Waals surface area contributed by atoms with Gasteiger partial charge in [-0.15, -0.1) is 0 Å². The lowest BCUT2D eigenvalue weighted by molar-refractivity contribution is -0.159. The summed E-state index contributed by atoms with van der Waals surface area (Å²) in [7, 11) is 1.14. The number of benzene rings is 1. The van der Waals surface area contributed by atoms with Crippen LogP contribution < -0.4 is 4.74 Å². The number of ether oxygens (including phenoxy) is 2. The van der Waals surface area contributed by atoms with Gasteiger partial charge in [0.2, 0.25) is 5.82 Å². The van der Waals surface area contributed by atoms with E-state index in [2.05, 4.69) is 14.5 Å². The summed E-state index contributed by atoms with van der Waals surface area (Å²) < 4.78 is 76.0. The summed E-state index contributed by atoms with van der Waals surface area (Å²) in [5.74, 6) is -1.99. The van der Waals surface area contributed by atoms with E-state index in [1.165, 1.54) is 36.5 Å². The molecule has 10 heteroatoms. The second-order valence-electron chi connectivity index (χ2n) is 6.28. The fraction of sp³-hybridized carbons (Fsp3) is 0.200. The lowest BCUT2D eigenvalue weighted by atomic mass is 10.1. The topological polar surface area (TPSA) is 52.8 Å². The van der Waals surface area contributed by atoms with Crippen LogP contribution in [0.15, 0.2) is 48.7 Å². The smallest absolute Gasteiger partial charge is 0.450 e. The Morgan fingerprint density at radius 3 is 2.23 bits per heavy atom. The molecule has 1 aromatic carbocycles. The molecule has 0 atom stereocenters. The molecule has 0 unspecified atom stereocenters. The van der Waals surface area contributed by atoms with Crippen LogP contribution in [0, 0.1) is 0 Å². The van der Waals surface area contributed by atoms with Crippen molar-refractivity contribution in [1.29, 1.82) is 0 Å². The maximum atomic E-state index is 13.5. The van der Waals surface area contributed by atoms with Crippen molar-refractivity contribution in [3.05, 3.63) is 60.2 Å². The van der Waals surface area contributed by atoms with Crippen molar-refractivity contribution >= 4 is 17.6 Å². The second-order valence-corrected chi connectivity index (χ2v) is 6.28. The summed E-state index contributed by atoms with van der Waals surface area (Å²) in [6, 6.07) is 8.45. The fourth-order valence-electron chi connectivity index (χ4n) is 2.74. The van der Waals surface area contributed by atoms with Crippen molar-refractivity contribution in [1.82, 2.24) is 9.38 Å². The molecule has 0 fully saturated rings. The molecule has 0 saturated heterocycles. The van der Waals surface area contributed by atoms with Gasteiger partial charge in [-0.25, -0.2) is 9.78 Å². The average Bonchev–Trinajstić information content (AvgIpc) is 3.03. The number of carbonyl (C=O) groups excluding carboxylic acids is 1. The van der Waals surface area contributed by atoms with E-state index in [1.54, 1.807) is 6.07 Å². The van der Waals surface area contributed by atoms with Gasteiger partial charge in [-0.05, 0) is 35.4 Å². The van der Waals surface area contributed by atoms with Gasteiger partial charge in [0.25, 0.3) is 0 Å². The Morgan fingerprint density at radius 2 is 1.67 bits per heavy atom. The van der Waals surface area contributed by atoms with Crippen molar-refractivity contribution in [2.45, 2.75) is 19.2 Å².